The van der Waals surface area contributed by atoms with Gasteiger partial charge in [0, 0.05) is 11.6 Å². The van der Waals surface area contributed by atoms with E-state index in [0.717, 1.165) is 11.0 Å². The topological polar surface area (TPSA) is 137 Å². The van der Waals surface area contributed by atoms with Gasteiger partial charge in [0.05, 0.1) is 48.1 Å². The molecule has 9 nitrogen and oxygen atoms in total. The molecule has 0 aliphatic carbocycles. The summed E-state index contributed by atoms with van der Waals surface area (Å²) >= 11 is 12.4. The molecular weight excluding hydrogens is 581 g/mol. The lowest BCUT2D eigenvalue weighted by Crippen LogP contribution is -2.30. The van der Waals surface area contributed by atoms with Gasteiger partial charge in [-0.05, 0) is 60.9 Å². The van der Waals surface area contributed by atoms with E-state index in [1.54, 1.807) is 6.07 Å². The lowest BCUT2D eigenvalue weighted by atomic mass is 10.0. The van der Waals surface area contributed by atoms with E-state index in [1.165, 1.54) is 36.5 Å². The Morgan fingerprint density at radius 1 is 0.872 bits per heavy atom. The molecule has 0 bridgehead atoms. The van der Waals surface area contributed by atoms with E-state index in [-0.39, 0.29) is 21.4 Å². The maximum Gasteiger partial charge on any atom is 0.261 e. The average Bonchev–Trinajstić information content (AvgIpc) is 3.49. The van der Waals surface area contributed by atoms with Crippen molar-refractivity contribution in [2.75, 3.05) is 4.72 Å². The van der Waals surface area contributed by atoms with Gasteiger partial charge in [-0.15, -0.1) is 0 Å². The van der Waals surface area contributed by atoms with Crippen molar-refractivity contribution in [3.05, 3.63) is 82.7 Å². The van der Waals surface area contributed by atoms with Crippen molar-refractivity contribution in [3.63, 3.8) is 0 Å². The molecule has 1 atom stereocenters. The third-order valence-electron chi connectivity index (χ3n) is 6.17. The molecule has 0 spiro atoms. The quantitative estimate of drug-likeness (QED) is 0.158. The van der Waals surface area contributed by atoms with Crippen LogP contribution in [0.15, 0.2) is 76.7 Å². The molecular formula is C26H25Cl2N5O4S2. The summed E-state index contributed by atoms with van der Waals surface area (Å²) in [6.45, 7) is 3.98. The van der Waals surface area contributed by atoms with Crippen LogP contribution in [-0.4, -0.2) is 31.8 Å². The predicted molar refractivity (Wildman–Crippen MR) is 154 cm³/mol. The van der Waals surface area contributed by atoms with Crippen LogP contribution in [0, 0.1) is 5.92 Å². The molecule has 0 radical (unpaired) electrons. The Morgan fingerprint density at radius 3 is 2.21 bits per heavy atom. The minimum absolute atomic E-state index is 0.0728. The molecule has 0 aliphatic rings. The molecule has 204 valence electrons. The summed E-state index contributed by atoms with van der Waals surface area (Å²) in [5.41, 5.74) is 2.23. The first-order valence-corrected chi connectivity index (χ1v) is 15.7. The fraction of sp³-hybridized carbons (Fsp3) is 0.192. The number of fused-ring (bicyclic) bond motifs is 2. The number of imidazole rings is 1. The third kappa shape index (κ3) is 5.64. The molecule has 4 N–H and O–H groups in total. The lowest BCUT2D eigenvalue weighted by Gasteiger charge is -2.19. The van der Waals surface area contributed by atoms with Gasteiger partial charge in [0.1, 0.15) is 5.82 Å². The van der Waals surface area contributed by atoms with Crippen LogP contribution in [0.25, 0.3) is 21.9 Å². The van der Waals surface area contributed by atoms with Crippen molar-refractivity contribution < 1.29 is 16.8 Å². The number of sulfonamides is 2. The number of aromatic nitrogens is 3. The predicted octanol–water partition coefficient (Wildman–Crippen LogP) is 6.22. The SMILES string of the molecule is CC(C)CC(NS(=O)(=O)c1ccc(S(=O)(=O)Nc2ccc(Cl)c3c(Cl)c[nH]c23)cc1)c1nc2ccccc2[nH]1. The summed E-state index contributed by atoms with van der Waals surface area (Å²) in [4.78, 5) is 10.5. The van der Waals surface area contributed by atoms with Crippen molar-refractivity contribution in [2.24, 2.45) is 5.92 Å². The van der Waals surface area contributed by atoms with E-state index >= 15 is 0 Å². The normalized spacial score (nSPS) is 13.4. The summed E-state index contributed by atoms with van der Waals surface area (Å²) < 4.78 is 58.0. The van der Waals surface area contributed by atoms with Crippen LogP contribution in [0.2, 0.25) is 10.0 Å². The number of H-pyrrole nitrogens is 2. The maximum absolute atomic E-state index is 13.3. The zero-order valence-electron chi connectivity index (χ0n) is 20.9. The first kappa shape index (κ1) is 27.5. The van der Waals surface area contributed by atoms with Gasteiger partial charge >= 0.3 is 0 Å². The number of para-hydroxylation sites is 2. The minimum Gasteiger partial charge on any atom is -0.358 e. The van der Waals surface area contributed by atoms with Gasteiger partial charge < -0.3 is 9.97 Å². The van der Waals surface area contributed by atoms with Crippen molar-refractivity contribution in [1.29, 1.82) is 0 Å². The van der Waals surface area contributed by atoms with Crippen molar-refractivity contribution in [2.45, 2.75) is 36.1 Å². The second kappa shape index (κ2) is 10.5. The summed E-state index contributed by atoms with van der Waals surface area (Å²) in [5, 5.41) is 1.22. The average molecular weight is 607 g/mol. The Hall–Kier alpha value is -3.09. The monoisotopic (exact) mass is 605 g/mol. The molecule has 1 unspecified atom stereocenters. The molecule has 0 amide bonds. The Labute approximate surface area is 236 Å². The number of aromatic amines is 2. The third-order valence-corrected chi connectivity index (χ3v) is 9.65. The molecule has 13 heteroatoms. The van der Waals surface area contributed by atoms with Crippen LogP contribution in [0.4, 0.5) is 5.69 Å². The number of anilines is 1. The van der Waals surface area contributed by atoms with Crippen LogP contribution in [-0.2, 0) is 20.0 Å². The molecule has 5 aromatic rings. The standard InChI is InChI=1S/C26H25Cl2N5O4S2/c1-15(2)13-23(26-30-20-5-3-4-6-21(20)31-26)33-39(36,37)17-9-7-16(8-10-17)38(34,35)32-22-12-11-18(27)24-19(28)14-29-25(22)24/h3-12,14-15,23,29,32-33H,13H2,1-2H3,(H,30,31). The minimum atomic E-state index is -4.05. The zero-order valence-corrected chi connectivity index (χ0v) is 24.0. The number of nitrogens with zero attached hydrogens (tertiary/aromatic N) is 1. The van der Waals surface area contributed by atoms with E-state index in [4.69, 9.17) is 23.2 Å². The smallest absolute Gasteiger partial charge is 0.261 e. The summed E-state index contributed by atoms with van der Waals surface area (Å²) in [5.74, 6) is 0.689. The van der Waals surface area contributed by atoms with Gasteiger partial charge in [-0.3, -0.25) is 4.72 Å². The second-order valence-electron chi connectivity index (χ2n) is 9.50. The molecule has 0 aliphatic heterocycles. The highest BCUT2D eigenvalue weighted by molar-refractivity contribution is 7.92. The van der Waals surface area contributed by atoms with Gasteiger partial charge in [-0.2, -0.15) is 0 Å². The van der Waals surface area contributed by atoms with Crippen LogP contribution in [0.5, 0.6) is 0 Å². The highest BCUT2D eigenvalue weighted by atomic mass is 35.5. The summed E-state index contributed by atoms with van der Waals surface area (Å²) in [6.07, 6.45) is 2.02. The maximum atomic E-state index is 13.3. The Balaban J connectivity index is 1.39. The zero-order chi connectivity index (χ0) is 27.9. The van der Waals surface area contributed by atoms with Crippen LogP contribution in [0.3, 0.4) is 0 Å². The van der Waals surface area contributed by atoms with Crippen LogP contribution in [0.1, 0.15) is 32.1 Å². The first-order valence-electron chi connectivity index (χ1n) is 12.0. The number of nitrogens with one attached hydrogen (secondary N) is 4. The van der Waals surface area contributed by atoms with E-state index in [0.29, 0.717) is 33.2 Å². The molecule has 3 aromatic carbocycles. The van der Waals surface area contributed by atoms with E-state index in [1.807, 2.05) is 38.1 Å². The molecule has 5 rings (SSSR count). The highest BCUT2D eigenvalue weighted by Crippen LogP contribution is 2.35. The van der Waals surface area contributed by atoms with Gasteiger partial charge in [0.15, 0.2) is 0 Å². The number of halogens is 2. The molecule has 0 fully saturated rings. The highest BCUT2D eigenvalue weighted by Gasteiger charge is 2.26. The Kier molecular flexibility index (Phi) is 7.38. The van der Waals surface area contributed by atoms with Gasteiger partial charge in [0.25, 0.3) is 10.0 Å². The molecule has 2 aromatic heterocycles. The first-order chi connectivity index (χ1) is 18.4. The Morgan fingerprint density at radius 2 is 1.54 bits per heavy atom. The van der Waals surface area contributed by atoms with Crippen LogP contribution >= 0.6 is 23.2 Å². The van der Waals surface area contributed by atoms with Gasteiger partial charge in [0.2, 0.25) is 10.0 Å². The molecule has 2 heterocycles. The summed E-state index contributed by atoms with van der Waals surface area (Å²) in [6, 6.07) is 14.9. The van der Waals surface area contributed by atoms with Crippen LogP contribution < -0.4 is 9.44 Å². The van der Waals surface area contributed by atoms with E-state index < -0.39 is 26.1 Å². The van der Waals surface area contributed by atoms with Crippen molar-refractivity contribution in [1.82, 2.24) is 19.7 Å². The van der Waals surface area contributed by atoms with E-state index in [2.05, 4.69) is 24.4 Å². The molecule has 0 saturated heterocycles. The van der Waals surface area contributed by atoms with Gasteiger partial charge in [-0.1, -0.05) is 49.2 Å². The summed E-state index contributed by atoms with van der Waals surface area (Å²) in [7, 11) is -8.06. The number of benzene rings is 3. The van der Waals surface area contributed by atoms with Crippen molar-refractivity contribution >= 4 is 70.9 Å². The van der Waals surface area contributed by atoms with Crippen molar-refractivity contribution in [3.8, 4) is 0 Å². The second-order valence-corrected chi connectivity index (χ2v) is 13.7. The fourth-order valence-electron chi connectivity index (χ4n) is 4.33. The molecule has 39 heavy (non-hydrogen) atoms. The fourth-order valence-corrected chi connectivity index (χ4v) is 7.18. The number of hydrogen-bond acceptors (Lipinski definition) is 5. The van der Waals surface area contributed by atoms with Gasteiger partial charge in [-0.25, -0.2) is 26.5 Å². The Bertz CT molecular complexity index is 1850. The largest absolute Gasteiger partial charge is 0.358 e. The number of rotatable bonds is 9. The molecule has 0 saturated carbocycles. The number of hydrogen-bond donors (Lipinski definition) is 4. The van der Waals surface area contributed by atoms with E-state index in [9.17, 15) is 16.8 Å². The lowest BCUT2D eigenvalue weighted by molar-refractivity contribution is 0.459.